The summed E-state index contributed by atoms with van der Waals surface area (Å²) in [5.74, 6) is 0.691. The smallest absolute Gasteiger partial charge is 0.244 e. The second-order valence-electron chi connectivity index (χ2n) is 6.45. The van der Waals surface area contributed by atoms with Crippen molar-refractivity contribution in [2.75, 3.05) is 19.0 Å². The van der Waals surface area contributed by atoms with Crippen molar-refractivity contribution in [2.24, 2.45) is 4.99 Å². The molecule has 3 aromatic rings. The number of halogens is 1. The van der Waals surface area contributed by atoms with Gasteiger partial charge in [-0.1, -0.05) is 30.7 Å². The minimum atomic E-state index is -0.0719. The molecule has 1 aromatic heterocycles. The predicted molar refractivity (Wildman–Crippen MR) is 119 cm³/mol. The number of hydrogen-bond acceptors (Lipinski definition) is 4. The Morgan fingerprint density at radius 3 is 2.64 bits per heavy atom. The lowest BCUT2D eigenvalue weighted by Gasteiger charge is -2.08. The Morgan fingerprint density at radius 2 is 1.96 bits per heavy atom. The maximum absolute atomic E-state index is 12.6. The Balaban J connectivity index is 0.00000280. The van der Waals surface area contributed by atoms with Crippen LogP contribution < -0.4 is 14.9 Å². The number of amides is 1. The van der Waals surface area contributed by atoms with Gasteiger partial charge in [0.1, 0.15) is 12.3 Å². The first-order chi connectivity index (χ1) is 13.1. The third-order valence-corrected chi connectivity index (χ3v) is 5.35. The van der Waals surface area contributed by atoms with Crippen LogP contribution in [0.1, 0.15) is 25.3 Å². The van der Waals surface area contributed by atoms with Gasteiger partial charge < -0.3 is 14.6 Å². The Bertz CT molecular complexity index is 993. The van der Waals surface area contributed by atoms with E-state index in [1.807, 2.05) is 28.8 Å². The third kappa shape index (κ3) is 5.36. The van der Waals surface area contributed by atoms with Gasteiger partial charge in [0.2, 0.25) is 5.91 Å². The zero-order valence-corrected chi connectivity index (χ0v) is 18.0. The quantitative estimate of drug-likeness (QED) is 0.560. The second kappa shape index (κ2) is 10.3. The number of anilines is 1. The standard InChI is InChI=1S/C21H25N3O2S.ClH/c1-4-5-12-22-21-24(18-11-6-15(2)13-19(18)27-21)14-20(25)23-16-7-9-17(26-3)10-8-16;/h6-11,13H,4-5,12,14H2,1-3H3,(H,23,25);1H. The van der Waals surface area contributed by atoms with Crippen molar-refractivity contribution < 1.29 is 9.53 Å². The zero-order valence-electron chi connectivity index (χ0n) is 16.4. The van der Waals surface area contributed by atoms with Crippen LogP contribution in [0.25, 0.3) is 10.2 Å². The minimum Gasteiger partial charge on any atom is -0.497 e. The van der Waals surface area contributed by atoms with E-state index < -0.39 is 0 Å². The minimum absolute atomic E-state index is 0. The van der Waals surface area contributed by atoms with Gasteiger partial charge in [-0.15, -0.1) is 12.4 Å². The number of nitrogens with zero attached hydrogens (tertiary/aromatic N) is 2. The number of thiazole rings is 1. The maximum atomic E-state index is 12.6. The van der Waals surface area contributed by atoms with E-state index in [0.717, 1.165) is 45.8 Å². The molecule has 1 amide bonds. The zero-order chi connectivity index (χ0) is 19.2. The lowest BCUT2D eigenvalue weighted by Crippen LogP contribution is -2.25. The molecule has 0 bridgehead atoms. The first kappa shape index (κ1) is 22.0. The largest absolute Gasteiger partial charge is 0.497 e. The molecule has 0 spiro atoms. The number of nitrogens with one attached hydrogen (secondary N) is 1. The molecule has 0 atom stereocenters. The van der Waals surface area contributed by atoms with E-state index in [1.54, 1.807) is 18.4 Å². The molecule has 7 heteroatoms. The Kier molecular flexibility index (Phi) is 8.08. The summed E-state index contributed by atoms with van der Waals surface area (Å²) in [6.07, 6.45) is 2.15. The van der Waals surface area contributed by atoms with E-state index in [0.29, 0.717) is 0 Å². The monoisotopic (exact) mass is 419 g/mol. The van der Waals surface area contributed by atoms with Crippen molar-refractivity contribution in [3.05, 3.63) is 52.8 Å². The molecule has 0 aliphatic heterocycles. The molecule has 28 heavy (non-hydrogen) atoms. The van der Waals surface area contributed by atoms with Crippen LogP contribution in [0.4, 0.5) is 5.69 Å². The average molecular weight is 420 g/mol. The Hall–Kier alpha value is -2.31. The summed E-state index contributed by atoms with van der Waals surface area (Å²) in [7, 11) is 1.62. The van der Waals surface area contributed by atoms with Crippen molar-refractivity contribution in [1.29, 1.82) is 0 Å². The van der Waals surface area contributed by atoms with Crippen molar-refractivity contribution >= 4 is 45.6 Å². The highest BCUT2D eigenvalue weighted by Crippen LogP contribution is 2.20. The second-order valence-corrected chi connectivity index (χ2v) is 7.46. The summed E-state index contributed by atoms with van der Waals surface area (Å²) in [6, 6.07) is 13.6. The first-order valence-corrected chi connectivity index (χ1v) is 9.96. The van der Waals surface area contributed by atoms with Gasteiger partial charge >= 0.3 is 0 Å². The van der Waals surface area contributed by atoms with Gasteiger partial charge in [-0.05, 0) is 55.3 Å². The topological polar surface area (TPSA) is 55.6 Å². The summed E-state index contributed by atoms with van der Waals surface area (Å²) in [6.45, 7) is 5.25. The molecular formula is C21H26ClN3O2S. The van der Waals surface area contributed by atoms with Crippen LogP contribution in [0.5, 0.6) is 5.75 Å². The van der Waals surface area contributed by atoms with Crippen LogP contribution in [0.15, 0.2) is 47.5 Å². The van der Waals surface area contributed by atoms with Crippen LogP contribution in [-0.4, -0.2) is 24.1 Å². The Morgan fingerprint density at radius 1 is 1.21 bits per heavy atom. The molecule has 150 valence electrons. The van der Waals surface area contributed by atoms with E-state index in [1.165, 1.54) is 5.56 Å². The lowest BCUT2D eigenvalue weighted by atomic mass is 10.2. The van der Waals surface area contributed by atoms with Crippen LogP contribution in [0.3, 0.4) is 0 Å². The predicted octanol–water partition coefficient (Wildman–Crippen LogP) is 4.78. The van der Waals surface area contributed by atoms with E-state index in [-0.39, 0.29) is 24.9 Å². The SMILES string of the molecule is CCCCN=c1sc2cc(C)ccc2n1CC(=O)Nc1ccc(OC)cc1.Cl. The van der Waals surface area contributed by atoms with Crippen LogP contribution in [-0.2, 0) is 11.3 Å². The molecule has 0 saturated carbocycles. The number of benzene rings is 2. The van der Waals surface area contributed by atoms with Crippen LogP contribution in [0, 0.1) is 6.92 Å². The highest BCUT2D eigenvalue weighted by molar-refractivity contribution is 7.16. The summed E-state index contributed by atoms with van der Waals surface area (Å²) >= 11 is 1.64. The highest BCUT2D eigenvalue weighted by atomic mass is 35.5. The molecule has 1 N–H and O–H groups in total. The van der Waals surface area contributed by atoms with Crippen molar-refractivity contribution in [3.63, 3.8) is 0 Å². The number of aryl methyl sites for hydroxylation is 1. The molecule has 5 nitrogen and oxygen atoms in total. The van der Waals surface area contributed by atoms with Gasteiger partial charge in [0.05, 0.1) is 17.3 Å². The fraction of sp³-hybridized carbons (Fsp3) is 0.333. The average Bonchev–Trinajstić information content (AvgIpc) is 2.99. The van der Waals surface area contributed by atoms with Crippen molar-refractivity contribution in [3.8, 4) is 5.75 Å². The highest BCUT2D eigenvalue weighted by Gasteiger charge is 2.11. The van der Waals surface area contributed by atoms with E-state index >= 15 is 0 Å². The van der Waals surface area contributed by atoms with E-state index in [9.17, 15) is 4.79 Å². The molecule has 0 saturated heterocycles. The van der Waals surface area contributed by atoms with Crippen LogP contribution in [0.2, 0.25) is 0 Å². The van der Waals surface area contributed by atoms with Gasteiger partial charge in [0, 0.05) is 12.2 Å². The normalized spacial score (nSPS) is 11.3. The van der Waals surface area contributed by atoms with Gasteiger partial charge in [0.25, 0.3) is 0 Å². The number of ether oxygens (including phenoxy) is 1. The summed E-state index contributed by atoms with van der Waals surface area (Å²) < 4.78 is 8.31. The molecule has 0 radical (unpaired) electrons. The van der Waals surface area contributed by atoms with E-state index in [4.69, 9.17) is 9.73 Å². The maximum Gasteiger partial charge on any atom is 0.244 e. The molecular weight excluding hydrogens is 394 g/mol. The van der Waals surface area contributed by atoms with E-state index in [2.05, 4.69) is 37.4 Å². The number of carbonyl (C=O) groups excluding carboxylic acids is 1. The molecule has 0 fully saturated rings. The number of rotatable bonds is 7. The summed E-state index contributed by atoms with van der Waals surface area (Å²) in [4.78, 5) is 18.3. The van der Waals surface area contributed by atoms with Gasteiger partial charge in [-0.25, -0.2) is 0 Å². The molecule has 3 rings (SSSR count). The molecule has 1 heterocycles. The molecule has 0 aliphatic carbocycles. The number of methoxy groups -OCH3 is 1. The van der Waals surface area contributed by atoms with Crippen molar-refractivity contribution in [2.45, 2.75) is 33.2 Å². The third-order valence-electron chi connectivity index (χ3n) is 4.27. The number of fused-ring (bicyclic) bond motifs is 1. The number of aromatic nitrogens is 1. The van der Waals surface area contributed by atoms with Gasteiger partial charge in [0.15, 0.2) is 4.80 Å². The molecule has 0 aliphatic rings. The first-order valence-electron chi connectivity index (χ1n) is 9.15. The van der Waals surface area contributed by atoms with Crippen molar-refractivity contribution in [1.82, 2.24) is 4.57 Å². The van der Waals surface area contributed by atoms with Gasteiger partial charge in [-0.2, -0.15) is 0 Å². The van der Waals surface area contributed by atoms with Crippen LogP contribution >= 0.6 is 23.7 Å². The number of carbonyl (C=O) groups is 1. The fourth-order valence-electron chi connectivity index (χ4n) is 2.80. The summed E-state index contributed by atoms with van der Waals surface area (Å²) in [5, 5.41) is 2.95. The number of unbranched alkanes of at least 4 members (excludes halogenated alkanes) is 1. The fourth-order valence-corrected chi connectivity index (χ4v) is 3.96. The molecule has 0 unspecified atom stereocenters. The lowest BCUT2D eigenvalue weighted by molar-refractivity contribution is -0.116. The Labute approximate surface area is 175 Å². The van der Waals surface area contributed by atoms with Gasteiger partial charge in [-0.3, -0.25) is 9.79 Å². The number of hydrogen-bond donors (Lipinski definition) is 1. The molecule has 2 aromatic carbocycles. The summed E-state index contributed by atoms with van der Waals surface area (Å²) in [5.41, 5.74) is 3.01.